The minimum atomic E-state index is 0.102. The van der Waals surface area contributed by atoms with Crippen molar-refractivity contribution in [2.45, 2.75) is 57.4 Å². The van der Waals surface area contributed by atoms with Crippen molar-refractivity contribution >= 4 is 21.8 Å². The largest absolute Gasteiger partial charge is 0.441 e. The Morgan fingerprint density at radius 1 is 1.17 bits per heavy atom. The van der Waals surface area contributed by atoms with Gasteiger partial charge in [-0.15, -0.1) is 0 Å². The minimum Gasteiger partial charge on any atom is -0.441 e. The van der Waals surface area contributed by atoms with Gasteiger partial charge in [0.25, 0.3) is 0 Å². The molecule has 1 aromatic heterocycles. The predicted octanol–water partition coefficient (Wildman–Crippen LogP) is 4.88. The van der Waals surface area contributed by atoms with Crippen LogP contribution in [0, 0.1) is 0 Å². The molecule has 0 aliphatic heterocycles. The number of carbonyl (C=O) groups excluding carboxylic acids is 1. The quantitative estimate of drug-likeness (QED) is 0.740. The van der Waals surface area contributed by atoms with Gasteiger partial charge < -0.3 is 9.73 Å². The van der Waals surface area contributed by atoms with Gasteiger partial charge in [-0.05, 0) is 25.0 Å². The number of aromatic nitrogens is 1. The van der Waals surface area contributed by atoms with Crippen LogP contribution in [0.15, 0.2) is 39.4 Å². The number of nitrogens with one attached hydrogen (secondary N) is 1. The normalized spacial score (nSPS) is 15.9. The third kappa shape index (κ3) is 4.94. The Bertz CT molecular complexity index is 658. The third-order valence-corrected chi connectivity index (χ3v) is 5.00. The molecule has 2 aromatic rings. The molecule has 0 saturated heterocycles. The molecule has 1 aliphatic carbocycles. The van der Waals surface area contributed by atoms with Crippen LogP contribution in [0.4, 0.5) is 0 Å². The van der Waals surface area contributed by atoms with E-state index < -0.39 is 0 Å². The van der Waals surface area contributed by atoms with E-state index >= 15 is 0 Å². The molecule has 0 unspecified atom stereocenters. The van der Waals surface area contributed by atoms with Crippen molar-refractivity contribution < 1.29 is 9.21 Å². The zero-order valence-corrected chi connectivity index (χ0v) is 15.3. The molecule has 0 spiro atoms. The molecule has 1 N–H and O–H groups in total. The fourth-order valence-corrected chi connectivity index (χ4v) is 3.38. The van der Waals surface area contributed by atoms with Gasteiger partial charge in [0.15, 0.2) is 11.7 Å². The summed E-state index contributed by atoms with van der Waals surface area (Å²) < 4.78 is 6.79. The topological polar surface area (TPSA) is 55.1 Å². The summed E-state index contributed by atoms with van der Waals surface area (Å²) in [4.78, 5) is 16.4. The Kier molecular flexibility index (Phi) is 6.07. The summed E-state index contributed by atoms with van der Waals surface area (Å²) in [6.45, 7) is 0. The molecular weight excluding hydrogens is 368 g/mol. The SMILES string of the molecule is O=C(CCc1ncc(-c2ccc(Br)cc2)o1)NC1CCCCCC1. The molecule has 1 aliphatic rings. The van der Waals surface area contributed by atoms with Gasteiger partial charge in [-0.25, -0.2) is 4.98 Å². The number of amides is 1. The predicted molar refractivity (Wildman–Crippen MR) is 97.6 cm³/mol. The standard InChI is InChI=1S/C19H23BrN2O2/c20-15-9-7-14(8-10-15)17-13-21-19(24-17)12-11-18(23)22-16-5-3-1-2-4-6-16/h7-10,13,16H,1-6,11-12H2,(H,22,23). The Labute approximate surface area is 151 Å². The van der Waals surface area contributed by atoms with Crippen LogP contribution in [0.25, 0.3) is 11.3 Å². The van der Waals surface area contributed by atoms with E-state index in [0.717, 1.165) is 28.6 Å². The molecule has 0 bridgehead atoms. The number of carbonyl (C=O) groups is 1. The summed E-state index contributed by atoms with van der Waals surface area (Å²) in [6, 6.07) is 8.25. The van der Waals surface area contributed by atoms with Crippen LogP contribution in [0.2, 0.25) is 0 Å². The summed E-state index contributed by atoms with van der Waals surface area (Å²) in [5, 5.41) is 3.16. The summed E-state index contributed by atoms with van der Waals surface area (Å²) in [5.41, 5.74) is 0.986. The highest BCUT2D eigenvalue weighted by Crippen LogP contribution is 2.23. The number of benzene rings is 1. The second-order valence-corrected chi connectivity index (χ2v) is 7.30. The van der Waals surface area contributed by atoms with Crippen molar-refractivity contribution in [1.82, 2.24) is 10.3 Å². The molecular formula is C19H23BrN2O2. The maximum absolute atomic E-state index is 12.1. The average Bonchev–Trinajstić information content (AvgIpc) is 2.91. The fourth-order valence-electron chi connectivity index (χ4n) is 3.12. The van der Waals surface area contributed by atoms with Crippen LogP contribution in [0.5, 0.6) is 0 Å². The lowest BCUT2D eigenvalue weighted by Gasteiger charge is -2.15. The van der Waals surface area contributed by atoms with Crippen molar-refractivity contribution in [3.05, 3.63) is 40.8 Å². The second-order valence-electron chi connectivity index (χ2n) is 6.38. The van der Waals surface area contributed by atoms with E-state index in [9.17, 15) is 4.79 Å². The molecule has 1 amide bonds. The zero-order chi connectivity index (χ0) is 16.8. The van der Waals surface area contributed by atoms with E-state index in [1.165, 1.54) is 25.7 Å². The molecule has 4 nitrogen and oxygen atoms in total. The van der Waals surface area contributed by atoms with Crippen LogP contribution in [0.1, 0.15) is 50.8 Å². The average molecular weight is 391 g/mol. The number of hydrogen-bond acceptors (Lipinski definition) is 3. The van der Waals surface area contributed by atoms with Crippen molar-refractivity contribution in [2.75, 3.05) is 0 Å². The van der Waals surface area contributed by atoms with E-state index in [4.69, 9.17) is 4.42 Å². The molecule has 0 atom stereocenters. The Balaban J connectivity index is 1.49. The Hall–Kier alpha value is -1.62. The molecule has 1 aromatic carbocycles. The number of oxazole rings is 1. The van der Waals surface area contributed by atoms with Crippen LogP contribution < -0.4 is 5.32 Å². The van der Waals surface area contributed by atoms with Crippen LogP contribution in [-0.2, 0) is 11.2 Å². The Morgan fingerprint density at radius 2 is 1.88 bits per heavy atom. The van der Waals surface area contributed by atoms with E-state index in [0.29, 0.717) is 24.8 Å². The summed E-state index contributed by atoms with van der Waals surface area (Å²) in [7, 11) is 0. The van der Waals surface area contributed by atoms with Gasteiger partial charge in [0.05, 0.1) is 6.20 Å². The molecule has 1 saturated carbocycles. The highest BCUT2D eigenvalue weighted by molar-refractivity contribution is 9.10. The molecule has 0 radical (unpaired) electrons. The van der Waals surface area contributed by atoms with Crippen molar-refractivity contribution in [3.63, 3.8) is 0 Å². The van der Waals surface area contributed by atoms with Gasteiger partial charge in [-0.3, -0.25) is 4.79 Å². The summed E-state index contributed by atoms with van der Waals surface area (Å²) >= 11 is 3.42. The van der Waals surface area contributed by atoms with E-state index in [1.54, 1.807) is 6.20 Å². The van der Waals surface area contributed by atoms with E-state index in [1.807, 2.05) is 24.3 Å². The minimum absolute atomic E-state index is 0.102. The lowest BCUT2D eigenvalue weighted by atomic mass is 10.1. The molecule has 128 valence electrons. The van der Waals surface area contributed by atoms with Crippen molar-refractivity contribution in [3.8, 4) is 11.3 Å². The van der Waals surface area contributed by atoms with E-state index in [2.05, 4.69) is 26.2 Å². The molecule has 1 fully saturated rings. The van der Waals surface area contributed by atoms with Gasteiger partial charge in [-0.1, -0.05) is 53.7 Å². The van der Waals surface area contributed by atoms with Gasteiger partial charge in [-0.2, -0.15) is 0 Å². The smallest absolute Gasteiger partial charge is 0.220 e. The maximum atomic E-state index is 12.1. The zero-order valence-electron chi connectivity index (χ0n) is 13.8. The second kappa shape index (κ2) is 8.47. The summed E-state index contributed by atoms with van der Waals surface area (Å²) in [6.07, 6.45) is 9.94. The van der Waals surface area contributed by atoms with Crippen LogP contribution in [-0.4, -0.2) is 16.9 Å². The first-order valence-corrected chi connectivity index (χ1v) is 9.50. The number of rotatable bonds is 5. The first kappa shape index (κ1) is 17.2. The lowest BCUT2D eigenvalue weighted by molar-refractivity contribution is -0.121. The number of nitrogens with zero attached hydrogens (tertiary/aromatic N) is 1. The van der Waals surface area contributed by atoms with Gasteiger partial charge >= 0.3 is 0 Å². The van der Waals surface area contributed by atoms with E-state index in [-0.39, 0.29) is 5.91 Å². The number of halogens is 1. The summed E-state index contributed by atoms with van der Waals surface area (Å²) in [5.74, 6) is 1.45. The Morgan fingerprint density at radius 3 is 2.58 bits per heavy atom. The molecule has 5 heteroatoms. The number of hydrogen-bond donors (Lipinski definition) is 1. The monoisotopic (exact) mass is 390 g/mol. The first-order valence-electron chi connectivity index (χ1n) is 8.71. The highest BCUT2D eigenvalue weighted by atomic mass is 79.9. The third-order valence-electron chi connectivity index (χ3n) is 4.47. The number of aryl methyl sites for hydroxylation is 1. The van der Waals surface area contributed by atoms with Crippen molar-refractivity contribution in [1.29, 1.82) is 0 Å². The van der Waals surface area contributed by atoms with Gasteiger partial charge in [0.2, 0.25) is 5.91 Å². The van der Waals surface area contributed by atoms with Crippen molar-refractivity contribution in [2.24, 2.45) is 0 Å². The van der Waals surface area contributed by atoms with Gasteiger partial charge in [0.1, 0.15) is 0 Å². The van der Waals surface area contributed by atoms with Crippen LogP contribution in [0.3, 0.4) is 0 Å². The van der Waals surface area contributed by atoms with Gasteiger partial charge in [0, 0.05) is 28.9 Å². The molecule has 24 heavy (non-hydrogen) atoms. The lowest BCUT2D eigenvalue weighted by Crippen LogP contribution is -2.34. The molecule has 1 heterocycles. The fraction of sp³-hybridized carbons (Fsp3) is 0.474. The van der Waals surface area contributed by atoms with Crippen LogP contribution >= 0.6 is 15.9 Å². The molecule has 3 rings (SSSR count). The highest BCUT2D eigenvalue weighted by Gasteiger charge is 2.15. The first-order chi connectivity index (χ1) is 11.7. The maximum Gasteiger partial charge on any atom is 0.220 e.